The summed E-state index contributed by atoms with van der Waals surface area (Å²) in [5, 5.41) is 11.7. The Bertz CT molecular complexity index is 2410. The first-order valence-corrected chi connectivity index (χ1v) is 21.4. The largest absolute Gasteiger partial charge is 0.371 e. The molecule has 2 aromatic carbocycles. The number of H-pyrrole nitrogens is 2. The predicted molar refractivity (Wildman–Crippen MR) is 233 cm³/mol. The summed E-state index contributed by atoms with van der Waals surface area (Å²) < 4.78 is 3.11. The first-order valence-electron chi connectivity index (χ1n) is 21.4. The van der Waals surface area contributed by atoms with Gasteiger partial charge in [-0.3, -0.25) is 28.7 Å². The number of benzene rings is 2. The van der Waals surface area contributed by atoms with E-state index in [0.717, 1.165) is 123 Å². The maximum Gasteiger partial charge on any atom is 0.329 e. The second-order valence-electron chi connectivity index (χ2n) is 18.0. The van der Waals surface area contributed by atoms with Gasteiger partial charge in [0.05, 0.1) is 28.8 Å². The second-order valence-corrected chi connectivity index (χ2v) is 18.0. The summed E-state index contributed by atoms with van der Waals surface area (Å²) in [4.78, 5) is 63.6. The average Bonchev–Trinajstić information content (AvgIpc) is 3.93. The van der Waals surface area contributed by atoms with Gasteiger partial charge in [-0.2, -0.15) is 5.10 Å². The molecule has 3 aromatic heterocycles. The summed E-state index contributed by atoms with van der Waals surface area (Å²) in [7, 11) is 5.18. The molecule has 59 heavy (non-hydrogen) atoms. The van der Waals surface area contributed by atoms with Crippen LogP contribution < -0.4 is 20.8 Å². The minimum absolute atomic E-state index is 0.0975. The van der Waals surface area contributed by atoms with E-state index in [1.807, 2.05) is 32.2 Å². The Labute approximate surface area is 345 Å². The van der Waals surface area contributed by atoms with E-state index < -0.39 is 6.04 Å². The first kappa shape index (κ1) is 40.6. The van der Waals surface area contributed by atoms with Gasteiger partial charge in [0.2, 0.25) is 11.8 Å². The maximum atomic E-state index is 13.8. The minimum Gasteiger partial charge on any atom is -0.371 e. The van der Waals surface area contributed by atoms with Gasteiger partial charge in [0.15, 0.2) is 0 Å². The van der Waals surface area contributed by atoms with Crippen LogP contribution in [0, 0.1) is 11.3 Å². The monoisotopic (exact) mass is 804 g/mol. The number of aldehydes is 1. The number of carbonyl (C=O) groups excluding carboxylic acids is 3. The molecular formula is C45H60N10O4. The number of nitrogens with zero attached hydrogens (tertiary/aromatic N) is 7. The number of piperidine rings is 1. The molecule has 14 heteroatoms. The number of piperazine rings is 1. The standard InChI is InChI=1S/C45H60N10O4/c1-29(43(58)50(5)32-8-7-31-23-37(47-36(31)24-32)42-35-13-16-45(2,3)26-38(35)48-49-42)53-21-19-52(20-22-53)27-30-14-17-54(18-15-30)33-9-11-39-40(25-33)51(6)44(59)55(39)34(28-56)10-12-41(57)46-4/h7-9,11,23-25,28-30,34,47H,10,12-22,26-27H2,1-6H3,(H,46,57)(H,48,49). The van der Waals surface area contributed by atoms with Crippen molar-refractivity contribution in [2.75, 3.05) is 69.7 Å². The van der Waals surface area contributed by atoms with E-state index in [2.05, 4.69) is 68.2 Å². The molecule has 5 heterocycles. The van der Waals surface area contributed by atoms with Crippen molar-refractivity contribution in [3.8, 4) is 11.4 Å². The van der Waals surface area contributed by atoms with Crippen LogP contribution in [0.1, 0.15) is 70.2 Å². The van der Waals surface area contributed by atoms with E-state index in [1.165, 1.54) is 15.8 Å². The van der Waals surface area contributed by atoms with Gasteiger partial charge in [0.25, 0.3) is 0 Å². The van der Waals surface area contributed by atoms with Gasteiger partial charge in [-0.15, -0.1) is 0 Å². The molecule has 0 spiro atoms. The molecule has 2 amide bonds. The number of amides is 2. The number of imidazole rings is 1. The van der Waals surface area contributed by atoms with Gasteiger partial charge in [-0.1, -0.05) is 19.9 Å². The van der Waals surface area contributed by atoms with E-state index in [9.17, 15) is 19.2 Å². The van der Waals surface area contributed by atoms with Gasteiger partial charge >= 0.3 is 5.69 Å². The van der Waals surface area contributed by atoms with Crippen LogP contribution >= 0.6 is 0 Å². The lowest BCUT2D eigenvalue weighted by Crippen LogP contribution is -2.55. The molecule has 1 aliphatic carbocycles. The third-order valence-electron chi connectivity index (χ3n) is 13.6. The van der Waals surface area contributed by atoms with Crippen molar-refractivity contribution in [2.24, 2.45) is 18.4 Å². The van der Waals surface area contributed by atoms with Gasteiger partial charge in [0, 0.05) is 107 Å². The Morgan fingerprint density at radius 2 is 1.80 bits per heavy atom. The van der Waals surface area contributed by atoms with Crippen LogP contribution in [0.25, 0.3) is 33.3 Å². The minimum atomic E-state index is -0.704. The SMILES string of the molecule is CNC(=O)CCC(C=O)n1c(=O)n(C)c2cc(N3CCC(CN4CCN(C(C)C(=O)N(C)c5ccc6cc(-c7n[nH]c8c7CCC(C)(C)C8)[nH]c6c5)CC4)CC3)ccc21. The topological polar surface area (TPSA) is 148 Å². The van der Waals surface area contributed by atoms with Crippen molar-refractivity contribution in [2.45, 2.75) is 77.8 Å². The maximum absolute atomic E-state index is 13.8. The normalized spacial score (nSPS) is 18.8. The quantitative estimate of drug-likeness (QED) is 0.151. The molecule has 5 aromatic rings. The highest BCUT2D eigenvalue weighted by atomic mass is 16.2. The third kappa shape index (κ3) is 8.08. The number of carbonyl (C=O) groups is 3. The van der Waals surface area contributed by atoms with Crippen molar-refractivity contribution < 1.29 is 14.4 Å². The number of likely N-dealkylation sites (N-methyl/N-ethyl adjacent to an activating group) is 1. The molecule has 14 nitrogen and oxygen atoms in total. The summed E-state index contributed by atoms with van der Waals surface area (Å²) in [6.45, 7) is 13.2. The van der Waals surface area contributed by atoms with Gasteiger partial charge in [0.1, 0.15) is 12.0 Å². The molecule has 2 saturated heterocycles. The van der Waals surface area contributed by atoms with E-state index in [4.69, 9.17) is 5.10 Å². The van der Waals surface area contributed by atoms with Gasteiger partial charge < -0.3 is 29.8 Å². The number of anilines is 2. The number of aromatic nitrogens is 5. The predicted octanol–water partition coefficient (Wildman–Crippen LogP) is 4.88. The number of nitrogens with one attached hydrogen (secondary N) is 3. The van der Waals surface area contributed by atoms with Crippen molar-refractivity contribution in [1.29, 1.82) is 0 Å². The number of aromatic amines is 2. The molecule has 314 valence electrons. The number of hydrogen-bond donors (Lipinski definition) is 3. The zero-order valence-electron chi connectivity index (χ0n) is 35.5. The van der Waals surface area contributed by atoms with Gasteiger partial charge in [-0.05, 0) is 93.2 Å². The number of hydrogen-bond acceptors (Lipinski definition) is 8. The molecule has 2 fully saturated rings. The Morgan fingerprint density at radius 3 is 2.53 bits per heavy atom. The van der Waals surface area contributed by atoms with Crippen LogP contribution in [0.5, 0.6) is 0 Å². The fourth-order valence-corrected chi connectivity index (χ4v) is 9.69. The summed E-state index contributed by atoms with van der Waals surface area (Å²) in [5.74, 6) is 0.536. The van der Waals surface area contributed by atoms with Crippen LogP contribution in [0.2, 0.25) is 0 Å². The van der Waals surface area contributed by atoms with Crippen molar-refractivity contribution in [1.82, 2.24) is 39.4 Å². The molecule has 3 aliphatic rings. The van der Waals surface area contributed by atoms with E-state index in [1.54, 1.807) is 23.6 Å². The fourth-order valence-electron chi connectivity index (χ4n) is 9.69. The smallest absolute Gasteiger partial charge is 0.329 e. The molecular weight excluding hydrogens is 745 g/mol. The van der Waals surface area contributed by atoms with Crippen molar-refractivity contribution in [3.63, 3.8) is 0 Å². The van der Waals surface area contributed by atoms with Gasteiger partial charge in [-0.25, -0.2) is 4.79 Å². The zero-order chi connectivity index (χ0) is 41.6. The lowest BCUT2D eigenvalue weighted by molar-refractivity contribution is -0.124. The molecule has 8 rings (SSSR count). The summed E-state index contributed by atoms with van der Waals surface area (Å²) in [6, 6.07) is 13.5. The lowest BCUT2D eigenvalue weighted by Gasteiger charge is -2.41. The van der Waals surface area contributed by atoms with Crippen LogP contribution in [-0.4, -0.2) is 118 Å². The lowest BCUT2D eigenvalue weighted by atomic mass is 9.76. The van der Waals surface area contributed by atoms with E-state index in [-0.39, 0.29) is 41.8 Å². The van der Waals surface area contributed by atoms with Crippen molar-refractivity contribution in [3.05, 3.63) is 64.2 Å². The second kappa shape index (κ2) is 16.4. The molecule has 2 unspecified atom stereocenters. The van der Waals surface area contributed by atoms with Crippen LogP contribution in [0.15, 0.2) is 47.3 Å². The summed E-state index contributed by atoms with van der Waals surface area (Å²) >= 11 is 0. The highest BCUT2D eigenvalue weighted by Crippen LogP contribution is 2.38. The van der Waals surface area contributed by atoms with E-state index in [0.29, 0.717) is 11.4 Å². The Morgan fingerprint density at radius 1 is 1.03 bits per heavy atom. The Hall–Kier alpha value is -5.21. The molecule has 0 radical (unpaired) electrons. The average molecular weight is 805 g/mol. The van der Waals surface area contributed by atoms with Crippen LogP contribution in [-0.2, 0) is 34.3 Å². The molecule has 3 N–H and O–H groups in total. The molecule has 0 bridgehead atoms. The molecule has 0 saturated carbocycles. The number of rotatable bonds is 12. The number of aryl methyl sites for hydroxylation is 1. The highest BCUT2D eigenvalue weighted by molar-refractivity contribution is 5.99. The van der Waals surface area contributed by atoms with Crippen molar-refractivity contribution >= 4 is 51.4 Å². The zero-order valence-corrected chi connectivity index (χ0v) is 35.5. The van der Waals surface area contributed by atoms with Crippen LogP contribution in [0.4, 0.5) is 11.4 Å². The van der Waals surface area contributed by atoms with Crippen LogP contribution in [0.3, 0.4) is 0 Å². The highest BCUT2D eigenvalue weighted by Gasteiger charge is 2.32. The number of fused-ring (bicyclic) bond motifs is 3. The summed E-state index contributed by atoms with van der Waals surface area (Å²) in [6.07, 6.45) is 6.55. The summed E-state index contributed by atoms with van der Waals surface area (Å²) in [5.41, 5.74) is 9.05. The molecule has 2 aliphatic heterocycles. The first-order chi connectivity index (χ1) is 28.3. The Kier molecular flexibility index (Phi) is 11.3. The van der Waals surface area contributed by atoms with E-state index >= 15 is 0 Å². The third-order valence-corrected chi connectivity index (χ3v) is 13.6. The Balaban J connectivity index is 0.824. The fraction of sp³-hybridized carbons (Fsp3) is 0.533. The molecule has 2 atom stereocenters.